The number of nitrogens with zero attached hydrogens (tertiary/aromatic N) is 1. The predicted molar refractivity (Wildman–Crippen MR) is 86.7 cm³/mol. The van der Waals surface area contributed by atoms with Crippen molar-refractivity contribution in [3.8, 4) is 0 Å². The average Bonchev–Trinajstić information content (AvgIpc) is 2.82. The SMILES string of the molecule is CCc1ccccc1N[C@@H]1CC(=O)N(c2cccc(F)c2)C1=O. The molecule has 1 saturated heterocycles. The van der Waals surface area contributed by atoms with Crippen molar-refractivity contribution in [1.29, 1.82) is 0 Å². The Hall–Kier alpha value is -2.69. The first-order chi connectivity index (χ1) is 11.1. The van der Waals surface area contributed by atoms with Gasteiger partial charge in [-0.1, -0.05) is 31.2 Å². The molecule has 0 radical (unpaired) electrons. The zero-order valence-corrected chi connectivity index (χ0v) is 12.8. The minimum absolute atomic E-state index is 0.0629. The Balaban J connectivity index is 1.84. The van der Waals surface area contributed by atoms with Crippen molar-refractivity contribution in [3.05, 3.63) is 59.9 Å². The lowest BCUT2D eigenvalue weighted by Gasteiger charge is -2.17. The van der Waals surface area contributed by atoms with Gasteiger partial charge in [0.15, 0.2) is 0 Å². The Morgan fingerprint density at radius 2 is 1.96 bits per heavy atom. The lowest BCUT2D eigenvalue weighted by molar-refractivity contribution is -0.121. The van der Waals surface area contributed by atoms with Crippen molar-refractivity contribution in [1.82, 2.24) is 0 Å². The van der Waals surface area contributed by atoms with Gasteiger partial charge in [0.05, 0.1) is 12.1 Å². The largest absolute Gasteiger partial charge is 0.373 e. The molecule has 0 saturated carbocycles. The molecule has 4 nitrogen and oxygen atoms in total. The molecule has 1 aliphatic heterocycles. The number of aryl methyl sites for hydroxylation is 1. The number of para-hydroxylation sites is 1. The molecule has 1 heterocycles. The Kier molecular flexibility index (Phi) is 4.10. The second-order valence-electron chi connectivity index (χ2n) is 5.46. The molecule has 0 aromatic heterocycles. The van der Waals surface area contributed by atoms with Crippen LogP contribution in [0.25, 0.3) is 0 Å². The first-order valence-corrected chi connectivity index (χ1v) is 7.57. The van der Waals surface area contributed by atoms with Crippen molar-refractivity contribution in [2.24, 2.45) is 0 Å². The Morgan fingerprint density at radius 1 is 1.17 bits per heavy atom. The van der Waals surface area contributed by atoms with E-state index in [0.717, 1.165) is 22.6 Å². The van der Waals surface area contributed by atoms with Crippen LogP contribution in [0.1, 0.15) is 18.9 Å². The van der Waals surface area contributed by atoms with Gasteiger partial charge in [0.25, 0.3) is 5.91 Å². The van der Waals surface area contributed by atoms with Crippen LogP contribution in [-0.4, -0.2) is 17.9 Å². The minimum Gasteiger partial charge on any atom is -0.373 e. The van der Waals surface area contributed by atoms with E-state index in [1.165, 1.54) is 18.2 Å². The second kappa shape index (κ2) is 6.20. The fourth-order valence-corrected chi connectivity index (χ4v) is 2.79. The number of carbonyl (C=O) groups excluding carboxylic acids is 2. The lowest BCUT2D eigenvalue weighted by Crippen LogP contribution is -2.35. The molecule has 2 amide bonds. The number of benzene rings is 2. The van der Waals surface area contributed by atoms with Crippen LogP contribution >= 0.6 is 0 Å². The fraction of sp³-hybridized carbons (Fsp3) is 0.222. The third kappa shape index (κ3) is 2.95. The van der Waals surface area contributed by atoms with Crippen LogP contribution in [0, 0.1) is 5.82 Å². The van der Waals surface area contributed by atoms with E-state index in [-0.39, 0.29) is 23.9 Å². The molecule has 23 heavy (non-hydrogen) atoms. The summed E-state index contributed by atoms with van der Waals surface area (Å²) in [5, 5.41) is 3.15. The summed E-state index contributed by atoms with van der Waals surface area (Å²) in [6.07, 6.45) is 0.888. The lowest BCUT2D eigenvalue weighted by atomic mass is 10.1. The highest BCUT2D eigenvalue weighted by molar-refractivity contribution is 6.23. The van der Waals surface area contributed by atoms with Gasteiger partial charge in [-0.05, 0) is 36.2 Å². The molecule has 118 valence electrons. The number of hydrogen-bond acceptors (Lipinski definition) is 3. The zero-order chi connectivity index (χ0) is 16.4. The number of imide groups is 1. The number of anilines is 2. The first kappa shape index (κ1) is 15.2. The van der Waals surface area contributed by atoms with Gasteiger partial charge in [-0.3, -0.25) is 9.59 Å². The van der Waals surface area contributed by atoms with Gasteiger partial charge in [0.2, 0.25) is 5.91 Å². The summed E-state index contributed by atoms with van der Waals surface area (Å²) in [7, 11) is 0. The molecule has 5 heteroatoms. The summed E-state index contributed by atoms with van der Waals surface area (Å²) in [4.78, 5) is 25.8. The van der Waals surface area contributed by atoms with Gasteiger partial charge in [-0.25, -0.2) is 9.29 Å². The molecule has 1 atom stereocenters. The third-order valence-electron chi connectivity index (χ3n) is 3.94. The van der Waals surface area contributed by atoms with Crippen LogP contribution in [0.5, 0.6) is 0 Å². The fourth-order valence-electron chi connectivity index (χ4n) is 2.79. The van der Waals surface area contributed by atoms with E-state index >= 15 is 0 Å². The number of hydrogen-bond donors (Lipinski definition) is 1. The van der Waals surface area contributed by atoms with Crippen LogP contribution in [-0.2, 0) is 16.0 Å². The average molecular weight is 312 g/mol. The molecule has 2 aromatic rings. The van der Waals surface area contributed by atoms with E-state index in [1.807, 2.05) is 31.2 Å². The maximum atomic E-state index is 13.4. The van der Waals surface area contributed by atoms with Crippen LogP contribution < -0.4 is 10.2 Å². The van der Waals surface area contributed by atoms with Crippen molar-refractivity contribution < 1.29 is 14.0 Å². The molecule has 0 spiro atoms. The highest BCUT2D eigenvalue weighted by atomic mass is 19.1. The van der Waals surface area contributed by atoms with Crippen LogP contribution in [0.3, 0.4) is 0 Å². The number of halogens is 1. The molecule has 0 bridgehead atoms. The van der Waals surface area contributed by atoms with E-state index < -0.39 is 11.9 Å². The normalized spacial score (nSPS) is 17.7. The zero-order valence-electron chi connectivity index (χ0n) is 12.8. The number of amides is 2. The van der Waals surface area contributed by atoms with Crippen LogP contribution in [0.15, 0.2) is 48.5 Å². The highest BCUT2D eigenvalue weighted by Crippen LogP contribution is 2.26. The summed E-state index contributed by atoms with van der Waals surface area (Å²) >= 11 is 0. The molecule has 0 aliphatic carbocycles. The van der Waals surface area contributed by atoms with Gasteiger partial charge in [0.1, 0.15) is 11.9 Å². The number of nitrogens with one attached hydrogen (secondary N) is 1. The van der Waals surface area contributed by atoms with Gasteiger partial charge < -0.3 is 5.32 Å². The van der Waals surface area contributed by atoms with E-state index in [4.69, 9.17) is 0 Å². The summed E-state index contributed by atoms with van der Waals surface area (Å²) in [6.45, 7) is 2.03. The minimum atomic E-state index is -0.626. The molecular formula is C18H17FN2O2. The molecule has 0 unspecified atom stereocenters. The number of carbonyl (C=O) groups is 2. The van der Waals surface area contributed by atoms with Crippen molar-refractivity contribution in [3.63, 3.8) is 0 Å². The topological polar surface area (TPSA) is 49.4 Å². The van der Waals surface area contributed by atoms with E-state index in [1.54, 1.807) is 6.07 Å². The maximum absolute atomic E-state index is 13.4. The van der Waals surface area contributed by atoms with Crippen LogP contribution in [0.4, 0.5) is 15.8 Å². The van der Waals surface area contributed by atoms with Gasteiger partial charge in [-0.15, -0.1) is 0 Å². The molecule has 1 fully saturated rings. The maximum Gasteiger partial charge on any atom is 0.256 e. The molecular weight excluding hydrogens is 295 g/mol. The van der Waals surface area contributed by atoms with Gasteiger partial charge in [-0.2, -0.15) is 0 Å². The predicted octanol–water partition coefficient (Wildman–Crippen LogP) is 3.13. The molecule has 1 N–H and O–H groups in total. The van der Waals surface area contributed by atoms with E-state index in [0.29, 0.717) is 0 Å². The Morgan fingerprint density at radius 3 is 2.70 bits per heavy atom. The molecule has 2 aromatic carbocycles. The third-order valence-corrected chi connectivity index (χ3v) is 3.94. The van der Waals surface area contributed by atoms with E-state index in [9.17, 15) is 14.0 Å². The van der Waals surface area contributed by atoms with Crippen molar-refractivity contribution in [2.75, 3.05) is 10.2 Å². The molecule has 3 rings (SSSR count). The van der Waals surface area contributed by atoms with Crippen LogP contribution in [0.2, 0.25) is 0 Å². The standard InChI is InChI=1S/C18H17FN2O2/c1-2-12-6-3-4-9-15(12)20-16-11-17(22)21(18(16)23)14-8-5-7-13(19)10-14/h3-10,16,20H,2,11H2,1H3/t16-/m1/s1. The van der Waals surface area contributed by atoms with Gasteiger partial charge >= 0.3 is 0 Å². The Labute approximate surface area is 133 Å². The Bertz CT molecular complexity index is 760. The van der Waals surface area contributed by atoms with Crippen molar-refractivity contribution in [2.45, 2.75) is 25.8 Å². The summed E-state index contributed by atoms with van der Waals surface area (Å²) in [6, 6.07) is 12.6. The smallest absolute Gasteiger partial charge is 0.256 e. The monoisotopic (exact) mass is 312 g/mol. The quantitative estimate of drug-likeness (QED) is 0.882. The summed E-state index contributed by atoms with van der Waals surface area (Å²) in [5.74, 6) is -1.16. The highest BCUT2D eigenvalue weighted by Gasteiger charge is 2.39. The van der Waals surface area contributed by atoms with E-state index in [2.05, 4.69) is 5.32 Å². The summed E-state index contributed by atoms with van der Waals surface area (Å²) < 4.78 is 13.4. The molecule has 1 aliphatic rings. The van der Waals surface area contributed by atoms with Gasteiger partial charge in [0, 0.05) is 5.69 Å². The van der Waals surface area contributed by atoms with Crippen molar-refractivity contribution >= 4 is 23.2 Å². The second-order valence-corrected chi connectivity index (χ2v) is 5.46. The number of rotatable bonds is 4. The summed E-state index contributed by atoms with van der Waals surface area (Å²) in [5.41, 5.74) is 2.20. The first-order valence-electron chi connectivity index (χ1n) is 7.57.